The molecule has 0 bridgehead atoms. The Bertz CT molecular complexity index is 565. The summed E-state index contributed by atoms with van der Waals surface area (Å²) >= 11 is 0. The summed E-state index contributed by atoms with van der Waals surface area (Å²) in [7, 11) is 0. The molecule has 0 spiro atoms. The molecule has 0 amide bonds. The molecular weight excluding hydrogens is 289 g/mol. The molecule has 2 nitrogen and oxygen atoms in total. The van der Waals surface area contributed by atoms with Crippen molar-refractivity contribution in [1.29, 1.82) is 0 Å². The molecule has 1 atom stereocenters. The molecule has 2 rings (SSSR count). The lowest BCUT2D eigenvalue weighted by atomic mass is 10.1. The Morgan fingerprint density at radius 1 is 0.909 bits per heavy atom. The van der Waals surface area contributed by atoms with Gasteiger partial charge in [0.2, 0.25) is 0 Å². The van der Waals surface area contributed by atoms with Crippen LogP contribution in [0.4, 0.5) is 18.9 Å². The van der Waals surface area contributed by atoms with Gasteiger partial charge in [0.25, 0.3) is 0 Å². The summed E-state index contributed by atoms with van der Waals surface area (Å²) in [5.41, 5.74) is 8.48. The van der Waals surface area contributed by atoms with Crippen LogP contribution in [0.3, 0.4) is 0 Å². The van der Waals surface area contributed by atoms with Crippen molar-refractivity contribution in [2.45, 2.75) is 25.1 Å². The molecule has 0 heterocycles. The number of rotatable bonds is 6. The number of nitrogens with one attached hydrogen (secondary N) is 1. The van der Waals surface area contributed by atoms with Gasteiger partial charge < -0.3 is 11.1 Å². The van der Waals surface area contributed by atoms with Gasteiger partial charge in [-0.3, -0.25) is 0 Å². The van der Waals surface area contributed by atoms with Crippen molar-refractivity contribution in [3.05, 3.63) is 54.6 Å². The number of anilines is 1. The summed E-state index contributed by atoms with van der Waals surface area (Å²) in [5, 5.41) is 3.05. The summed E-state index contributed by atoms with van der Waals surface area (Å²) in [6, 6.07) is 17.1. The zero-order chi connectivity index (χ0) is 16.0. The second-order valence-electron chi connectivity index (χ2n) is 5.17. The van der Waals surface area contributed by atoms with E-state index in [9.17, 15) is 13.2 Å². The van der Waals surface area contributed by atoms with E-state index in [1.54, 1.807) is 0 Å². The van der Waals surface area contributed by atoms with Crippen molar-refractivity contribution in [1.82, 2.24) is 0 Å². The predicted octanol–water partition coefficient (Wildman–Crippen LogP) is 4.44. The van der Waals surface area contributed by atoms with Crippen LogP contribution in [0.1, 0.15) is 12.8 Å². The Morgan fingerprint density at radius 2 is 1.50 bits per heavy atom. The zero-order valence-electron chi connectivity index (χ0n) is 12.1. The van der Waals surface area contributed by atoms with Crippen LogP contribution >= 0.6 is 0 Å². The van der Waals surface area contributed by atoms with Crippen molar-refractivity contribution in [2.75, 3.05) is 11.9 Å². The Kier molecular flexibility index (Phi) is 5.44. The molecular formula is C17H19F3N2. The third kappa shape index (κ3) is 5.07. The van der Waals surface area contributed by atoms with Crippen LogP contribution in [-0.4, -0.2) is 18.8 Å². The average Bonchev–Trinajstić information content (AvgIpc) is 2.52. The van der Waals surface area contributed by atoms with Crippen LogP contribution in [0, 0.1) is 0 Å². The van der Waals surface area contributed by atoms with Crippen molar-refractivity contribution in [3.8, 4) is 11.1 Å². The highest BCUT2D eigenvalue weighted by Gasteiger charge is 2.27. The lowest BCUT2D eigenvalue weighted by Crippen LogP contribution is -2.30. The van der Waals surface area contributed by atoms with Crippen LogP contribution in [0.15, 0.2) is 54.6 Å². The second-order valence-corrected chi connectivity index (χ2v) is 5.17. The van der Waals surface area contributed by atoms with Gasteiger partial charge in [-0.05, 0) is 29.7 Å². The normalized spacial score (nSPS) is 12.9. The summed E-state index contributed by atoms with van der Waals surface area (Å²) < 4.78 is 36.8. The van der Waals surface area contributed by atoms with E-state index in [1.807, 2.05) is 54.6 Å². The van der Waals surface area contributed by atoms with Crippen LogP contribution < -0.4 is 11.1 Å². The Hall–Kier alpha value is -2.01. The molecule has 5 heteroatoms. The van der Waals surface area contributed by atoms with Crippen molar-refractivity contribution in [2.24, 2.45) is 5.73 Å². The van der Waals surface area contributed by atoms with E-state index in [-0.39, 0.29) is 19.0 Å². The summed E-state index contributed by atoms with van der Waals surface area (Å²) in [5.74, 6) is 0. The number of nitrogens with two attached hydrogens (primary N) is 1. The fourth-order valence-corrected chi connectivity index (χ4v) is 2.21. The fourth-order valence-electron chi connectivity index (χ4n) is 2.21. The zero-order valence-corrected chi connectivity index (χ0v) is 12.1. The van der Waals surface area contributed by atoms with Crippen molar-refractivity contribution >= 4 is 5.69 Å². The van der Waals surface area contributed by atoms with E-state index in [0.29, 0.717) is 0 Å². The fraction of sp³-hybridized carbons (Fsp3) is 0.294. The quantitative estimate of drug-likeness (QED) is 0.828. The largest absolute Gasteiger partial charge is 0.389 e. The van der Waals surface area contributed by atoms with Gasteiger partial charge in [-0.25, -0.2) is 0 Å². The number of benzene rings is 2. The summed E-state index contributed by atoms with van der Waals surface area (Å²) in [4.78, 5) is 0. The van der Waals surface area contributed by atoms with E-state index >= 15 is 0 Å². The highest BCUT2D eigenvalue weighted by atomic mass is 19.4. The van der Waals surface area contributed by atoms with Gasteiger partial charge in [0.15, 0.2) is 0 Å². The van der Waals surface area contributed by atoms with Crippen LogP contribution in [-0.2, 0) is 0 Å². The van der Waals surface area contributed by atoms with Gasteiger partial charge in [-0.1, -0.05) is 42.5 Å². The maximum atomic E-state index is 12.3. The molecule has 2 aromatic rings. The van der Waals surface area contributed by atoms with E-state index in [1.165, 1.54) is 0 Å². The maximum Gasteiger partial charge on any atom is 0.389 e. The van der Waals surface area contributed by atoms with Gasteiger partial charge in [0, 0.05) is 24.7 Å². The number of hydrogen-bond acceptors (Lipinski definition) is 2. The highest BCUT2D eigenvalue weighted by Crippen LogP contribution is 2.24. The first kappa shape index (κ1) is 16.4. The molecule has 22 heavy (non-hydrogen) atoms. The van der Waals surface area contributed by atoms with Crippen LogP contribution in [0.5, 0.6) is 0 Å². The van der Waals surface area contributed by atoms with Gasteiger partial charge in [-0.2, -0.15) is 13.2 Å². The average molecular weight is 308 g/mol. The lowest BCUT2D eigenvalue weighted by Gasteiger charge is -2.19. The van der Waals surface area contributed by atoms with E-state index < -0.39 is 12.6 Å². The van der Waals surface area contributed by atoms with Crippen molar-refractivity contribution in [3.63, 3.8) is 0 Å². The molecule has 0 aromatic heterocycles. The standard InChI is InChI=1S/C17H19F3N2/c18-17(19,20)11-10-16(12-21)22-15-8-6-14(7-9-15)13-4-2-1-3-5-13/h1-9,16,22H,10-12,21H2/t16-/m1/s1. The van der Waals surface area contributed by atoms with Crippen LogP contribution in [0.25, 0.3) is 11.1 Å². The number of hydrogen-bond donors (Lipinski definition) is 2. The Labute approximate surface area is 128 Å². The molecule has 0 fully saturated rings. The molecule has 0 unspecified atom stereocenters. The van der Waals surface area contributed by atoms with E-state index in [4.69, 9.17) is 5.73 Å². The highest BCUT2D eigenvalue weighted by molar-refractivity contribution is 5.65. The first-order chi connectivity index (χ1) is 10.5. The van der Waals surface area contributed by atoms with Crippen LogP contribution in [0.2, 0.25) is 0 Å². The monoisotopic (exact) mass is 308 g/mol. The Balaban J connectivity index is 1.98. The minimum Gasteiger partial charge on any atom is -0.381 e. The summed E-state index contributed by atoms with van der Waals surface area (Å²) in [6.45, 7) is 0.163. The molecule has 0 aliphatic heterocycles. The molecule has 2 aromatic carbocycles. The number of halogens is 3. The third-order valence-electron chi connectivity index (χ3n) is 3.42. The van der Waals surface area contributed by atoms with E-state index in [0.717, 1.165) is 16.8 Å². The van der Waals surface area contributed by atoms with Gasteiger partial charge in [0.1, 0.15) is 0 Å². The molecule has 0 saturated heterocycles. The number of alkyl halides is 3. The molecule has 0 aliphatic carbocycles. The van der Waals surface area contributed by atoms with Gasteiger partial charge in [0.05, 0.1) is 0 Å². The molecule has 0 aliphatic rings. The van der Waals surface area contributed by atoms with Crippen molar-refractivity contribution < 1.29 is 13.2 Å². The van der Waals surface area contributed by atoms with E-state index in [2.05, 4.69) is 5.32 Å². The minimum absolute atomic E-state index is 0.0273. The first-order valence-electron chi connectivity index (χ1n) is 7.17. The van der Waals surface area contributed by atoms with Gasteiger partial charge in [-0.15, -0.1) is 0 Å². The first-order valence-corrected chi connectivity index (χ1v) is 7.17. The molecule has 0 saturated carbocycles. The minimum atomic E-state index is -4.15. The SMILES string of the molecule is NC[C@@H](CCC(F)(F)F)Nc1ccc(-c2ccccc2)cc1. The molecule has 0 radical (unpaired) electrons. The molecule has 118 valence electrons. The second kappa shape index (κ2) is 7.31. The lowest BCUT2D eigenvalue weighted by molar-refractivity contribution is -0.135. The van der Waals surface area contributed by atoms with Gasteiger partial charge >= 0.3 is 6.18 Å². The molecule has 3 N–H and O–H groups in total. The Morgan fingerprint density at radius 3 is 2.05 bits per heavy atom. The smallest absolute Gasteiger partial charge is 0.381 e. The third-order valence-corrected chi connectivity index (χ3v) is 3.42. The maximum absolute atomic E-state index is 12.3. The topological polar surface area (TPSA) is 38.0 Å². The predicted molar refractivity (Wildman–Crippen MR) is 83.6 cm³/mol. The summed E-state index contributed by atoms with van der Waals surface area (Å²) in [6.07, 6.45) is -5.00.